The lowest BCUT2D eigenvalue weighted by Crippen LogP contribution is -2.40. The first-order valence-electron chi connectivity index (χ1n) is 8.22. The summed E-state index contributed by atoms with van der Waals surface area (Å²) in [6.07, 6.45) is 5.03. The molecule has 1 aliphatic heterocycles. The lowest BCUT2D eigenvalue weighted by Gasteiger charge is -2.33. The molecule has 1 saturated heterocycles. The van der Waals surface area contributed by atoms with Crippen LogP contribution in [0.3, 0.4) is 0 Å². The molecule has 20 heavy (non-hydrogen) atoms. The summed E-state index contributed by atoms with van der Waals surface area (Å²) >= 11 is 0. The first-order valence-corrected chi connectivity index (χ1v) is 8.22. The summed E-state index contributed by atoms with van der Waals surface area (Å²) in [6.45, 7) is 9.14. The minimum atomic E-state index is 0.233. The molecule has 112 valence electrons. The van der Waals surface area contributed by atoms with Gasteiger partial charge in [-0.25, -0.2) is 0 Å². The Morgan fingerprint density at radius 2 is 2.05 bits per heavy atom. The maximum absolute atomic E-state index is 6.48. The predicted molar refractivity (Wildman–Crippen MR) is 86.8 cm³/mol. The maximum Gasteiger partial charge on any atom is 0.0501 e. The van der Waals surface area contributed by atoms with E-state index in [9.17, 15) is 0 Å². The van der Waals surface area contributed by atoms with Crippen LogP contribution in [-0.4, -0.2) is 24.0 Å². The average molecular weight is 274 g/mol. The summed E-state index contributed by atoms with van der Waals surface area (Å²) in [5.41, 5.74) is 9.28. The minimum Gasteiger partial charge on any atom is -0.326 e. The Morgan fingerprint density at radius 1 is 1.30 bits per heavy atom. The molecule has 3 atom stereocenters. The zero-order valence-corrected chi connectivity index (χ0v) is 13.3. The summed E-state index contributed by atoms with van der Waals surface area (Å²) in [5, 5.41) is 0. The number of benzene rings is 1. The SMILES string of the molecule is CCCC1CCN(C(c2ccccc2C)C(N)CC)C1. The number of hydrogen-bond donors (Lipinski definition) is 1. The fourth-order valence-corrected chi connectivity index (χ4v) is 3.60. The van der Waals surface area contributed by atoms with Crippen LogP contribution in [-0.2, 0) is 0 Å². The molecular weight excluding hydrogens is 244 g/mol. The van der Waals surface area contributed by atoms with Crippen LogP contribution >= 0.6 is 0 Å². The van der Waals surface area contributed by atoms with Crippen LogP contribution in [0.1, 0.15) is 56.7 Å². The van der Waals surface area contributed by atoms with E-state index in [0.717, 1.165) is 12.3 Å². The lowest BCUT2D eigenvalue weighted by molar-refractivity contribution is 0.200. The van der Waals surface area contributed by atoms with Gasteiger partial charge in [-0.1, -0.05) is 44.5 Å². The Balaban J connectivity index is 2.19. The van der Waals surface area contributed by atoms with Crippen molar-refractivity contribution < 1.29 is 0 Å². The monoisotopic (exact) mass is 274 g/mol. The molecule has 3 unspecified atom stereocenters. The van der Waals surface area contributed by atoms with Crippen molar-refractivity contribution in [3.05, 3.63) is 35.4 Å². The molecule has 1 aromatic carbocycles. The fourth-order valence-electron chi connectivity index (χ4n) is 3.60. The Hall–Kier alpha value is -0.860. The number of nitrogens with zero attached hydrogens (tertiary/aromatic N) is 1. The molecule has 2 rings (SSSR count). The van der Waals surface area contributed by atoms with Gasteiger partial charge >= 0.3 is 0 Å². The van der Waals surface area contributed by atoms with Gasteiger partial charge in [-0.15, -0.1) is 0 Å². The summed E-state index contributed by atoms with van der Waals surface area (Å²) in [4.78, 5) is 2.64. The molecule has 0 amide bonds. The second-order valence-corrected chi connectivity index (χ2v) is 6.31. The van der Waals surface area contributed by atoms with Gasteiger partial charge in [-0.05, 0) is 49.8 Å². The van der Waals surface area contributed by atoms with Gasteiger partial charge in [-0.3, -0.25) is 4.90 Å². The molecule has 0 spiro atoms. The van der Waals surface area contributed by atoms with Crippen LogP contribution in [0.15, 0.2) is 24.3 Å². The molecule has 1 heterocycles. The first kappa shape index (κ1) is 15.5. The third-order valence-electron chi connectivity index (χ3n) is 4.79. The van der Waals surface area contributed by atoms with Crippen LogP contribution in [0.2, 0.25) is 0 Å². The van der Waals surface area contributed by atoms with Crippen molar-refractivity contribution in [3.63, 3.8) is 0 Å². The van der Waals surface area contributed by atoms with Crippen LogP contribution in [0.4, 0.5) is 0 Å². The van der Waals surface area contributed by atoms with E-state index in [1.165, 1.54) is 43.5 Å². The van der Waals surface area contributed by atoms with E-state index in [-0.39, 0.29) is 6.04 Å². The molecule has 2 N–H and O–H groups in total. The highest BCUT2D eigenvalue weighted by Crippen LogP contribution is 2.33. The van der Waals surface area contributed by atoms with E-state index in [1.807, 2.05) is 0 Å². The van der Waals surface area contributed by atoms with Gasteiger partial charge in [0, 0.05) is 12.6 Å². The van der Waals surface area contributed by atoms with E-state index in [0.29, 0.717) is 6.04 Å². The number of likely N-dealkylation sites (tertiary alicyclic amines) is 1. The van der Waals surface area contributed by atoms with Gasteiger partial charge in [0.2, 0.25) is 0 Å². The Labute approximate surface area is 124 Å². The topological polar surface area (TPSA) is 29.3 Å². The molecule has 1 aliphatic rings. The molecular formula is C18H30N2. The van der Waals surface area contributed by atoms with Gasteiger partial charge in [0.05, 0.1) is 6.04 Å². The van der Waals surface area contributed by atoms with Gasteiger partial charge < -0.3 is 5.73 Å². The number of hydrogen-bond acceptors (Lipinski definition) is 2. The van der Waals surface area contributed by atoms with Crippen molar-refractivity contribution in [2.24, 2.45) is 11.7 Å². The largest absolute Gasteiger partial charge is 0.326 e. The summed E-state index contributed by atoms with van der Waals surface area (Å²) in [6, 6.07) is 9.38. The molecule has 1 fully saturated rings. The lowest BCUT2D eigenvalue weighted by atomic mass is 9.93. The smallest absolute Gasteiger partial charge is 0.0501 e. The van der Waals surface area contributed by atoms with Crippen molar-refractivity contribution in [2.75, 3.05) is 13.1 Å². The predicted octanol–water partition coefficient (Wildman–Crippen LogP) is 3.90. The summed E-state index contributed by atoms with van der Waals surface area (Å²) < 4.78 is 0. The quantitative estimate of drug-likeness (QED) is 0.852. The second-order valence-electron chi connectivity index (χ2n) is 6.31. The third-order valence-corrected chi connectivity index (χ3v) is 4.79. The van der Waals surface area contributed by atoms with Gasteiger partial charge in [0.25, 0.3) is 0 Å². The van der Waals surface area contributed by atoms with Crippen LogP contribution in [0, 0.1) is 12.8 Å². The van der Waals surface area contributed by atoms with Crippen LogP contribution < -0.4 is 5.73 Å². The van der Waals surface area contributed by atoms with Crippen LogP contribution in [0.25, 0.3) is 0 Å². The highest BCUT2D eigenvalue weighted by Gasteiger charge is 2.32. The third kappa shape index (κ3) is 3.42. The van der Waals surface area contributed by atoms with E-state index in [1.54, 1.807) is 0 Å². The van der Waals surface area contributed by atoms with E-state index in [2.05, 4.69) is 49.9 Å². The molecule has 2 nitrogen and oxygen atoms in total. The molecule has 1 aromatic rings. The Kier molecular flexibility index (Phi) is 5.62. The van der Waals surface area contributed by atoms with Gasteiger partial charge in [0.15, 0.2) is 0 Å². The van der Waals surface area contributed by atoms with Gasteiger partial charge in [-0.2, -0.15) is 0 Å². The van der Waals surface area contributed by atoms with Crippen molar-refractivity contribution in [3.8, 4) is 0 Å². The van der Waals surface area contributed by atoms with Crippen LogP contribution in [0.5, 0.6) is 0 Å². The van der Waals surface area contributed by atoms with Crippen molar-refractivity contribution >= 4 is 0 Å². The molecule has 0 bridgehead atoms. The van der Waals surface area contributed by atoms with Crippen molar-refractivity contribution in [2.45, 2.75) is 58.5 Å². The zero-order valence-electron chi connectivity index (χ0n) is 13.3. The highest BCUT2D eigenvalue weighted by molar-refractivity contribution is 5.30. The summed E-state index contributed by atoms with van der Waals surface area (Å²) in [5.74, 6) is 0.871. The maximum atomic E-state index is 6.48. The standard InChI is InChI=1S/C18H30N2/c1-4-8-15-11-12-20(13-15)18(17(19)5-2)16-10-7-6-9-14(16)3/h6-7,9-10,15,17-18H,4-5,8,11-13,19H2,1-3H3. The molecule has 0 aliphatic carbocycles. The number of aryl methyl sites for hydroxylation is 1. The molecule has 0 radical (unpaired) electrons. The van der Waals surface area contributed by atoms with Gasteiger partial charge in [0.1, 0.15) is 0 Å². The zero-order chi connectivity index (χ0) is 14.5. The van der Waals surface area contributed by atoms with Crippen molar-refractivity contribution in [1.29, 1.82) is 0 Å². The molecule has 2 heteroatoms. The first-order chi connectivity index (χ1) is 9.67. The average Bonchev–Trinajstić information content (AvgIpc) is 2.90. The number of rotatable bonds is 6. The van der Waals surface area contributed by atoms with E-state index >= 15 is 0 Å². The summed E-state index contributed by atoms with van der Waals surface area (Å²) in [7, 11) is 0. The Morgan fingerprint density at radius 3 is 2.70 bits per heavy atom. The fraction of sp³-hybridized carbons (Fsp3) is 0.667. The molecule has 0 aromatic heterocycles. The van der Waals surface area contributed by atoms with E-state index < -0.39 is 0 Å². The second kappa shape index (κ2) is 7.24. The normalized spacial score (nSPS) is 22.9. The number of nitrogens with two attached hydrogens (primary N) is 1. The van der Waals surface area contributed by atoms with Crippen molar-refractivity contribution in [1.82, 2.24) is 4.90 Å². The Bertz CT molecular complexity index is 416. The molecule has 0 saturated carbocycles. The van der Waals surface area contributed by atoms with E-state index in [4.69, 9.17) is 5.73 Å². The minimum absolute atomic E-state index is 0.233. The highest BCUT2D eigenvalue weighted by atomic mass is 15.2.